The Hall–Kier alpha value is -8.45. The van der Waals surface area contributed by atoms with E-state index in [4.69, 9.17) is 44.1 Å². The van der Waals surface area contributed by atoms with E-state index in [0.29, 0.717) is 49.9 Å². The molecule has 10 heterocycles. The van der Waals surface area contributed by atoms with E-state index in [1.165, 1.54) is 99.8 Å². The summed E-state index contributed by atoms with van der Waals surface area (Å²) in [5.74, 6) is -2.50. The summed E-state index contributed by atoms with van der Waals surface area (Å²) in [5, 5.41) is 22.1. The van der Waals surface area contributed by atoms with Crippen molar-refractivity contribution in [1.29, 1.82) is 0 Å². The lowest BCUT2D eigenvalue weighted by Gasteiger charge is -2.32. The monoisotopic (exact) mass is 1660 g/mol. The summed E-state index contributed by atoms with van der Waals surface area (Å²) in [5.41, 5.74) is 1.30. The average molecular weight is 1660 g/mol. The molecule has 0 saturated carbocycles. The molecule has 3 amide bonds. The molecular formula is C69H68BCl3F12IN15O5. The van der Waals surface area contributed by atoms with Crippen LogP contribution >= 0.6 is 57.4 Å². The van der Waals surface area contributed by atoms with Crippen molar-refractivity contribution < 1.29 is 76.4 Å². The molecule has 37 heteroatoms. The van der Waals surface area contributed by atoms with Crippen LogP contribution in [0.25, 0.3) is 23.1 Å². The van der Waals surface area contributed by atoms with Crippen LogP contribution in [0.3, 0.4) is 0 Å². The lowest BCUT2D eigenvalue weighted by atomic mass is 9.81. The van der Waals surface area contributed by atoms with Gasteiger partial charge in [0.2, 0.25) is 0 Å². The third-order valence-corrected chi connectivity index (χ3v) is 20.6. The van der Waals surface area contributed by atoms with Gasteiger partial charge in [-0.1, -0.05) is 77.9 Å². The first-order valence-corrected chi connectivity index (χ1v) is 35.0. The zero-order valence-electron chi connectivity index (χ0n) is 58.3. The molecular weight excluding hydrogens is 1590 g/mol. The normalized spacial score (nSPS) is 18.1. The fourth-order valence-corrected chi connectivity index (χ4v) is 13.8. The molecule has 0 bridgehead atoms. The number of rotatable bonds is 13. The van der Waals surface area contributed by atoms with Crippen molar-refractivity contribution in [2.24, 2.45) is 0 Å². The van der Waals surface area contributed by atoms with Crippen molar-refractivity contribution in [3.05, 3.63) is 191 Å². The summed E-state index contributed by atoms with van der Waals surface area (Å²) >= 11 is 19.5. The number of hydrogen-bond acceptors (Lipinski definition) is 11. The molecule has 4 saturated heterocycles. The number of nitrogens with zero attached hydrogens (tertiary/aromatic N) is 15. The second-order valence-corrected chi connectivity index (χ2v) is 28.2. The standard InChI is InChI=1S/C21H20ClF4N5O.C21H18ClF4N5O.C18H13ClF4IN5O.C9H17BO2/c2*1-3-5-15-17(11-27-31(15)14-7-4-6-13(23)10-14)29-9-8-16(20(29)32)30-12(2)18(22)19(28-30)21(24,25)26;1-9-14(19)15(18(21,22)23)26-28(9)12-5-6-27(17(12)30)13-8-25-29(16(13)24)11-4-2-3-10(20)7-11;1-7(2)10-11-8(3,4)9(5,6)12-10/h4,6-7,10-11,16H,3,5,8-9H2,1-2H3;3-7,10-11,16H,8-9H2,1-2H3;2-4,7-8,12H,5-6H2,1H3;1H2,2-6H3/b;5-3+;;. The molecule has 13 rings (SSSR count). The van der Waals surface area contributed by atoms with Gasteiger partial charge in [0, 0.05) is 19.6 Å². The molecule has 0 spiro atoms. The number of amides is 3. The van der Waals surface area contributed by atoms with Crippen molar-refractivity contribution in [1.82, 2.24) is 58.7 Å². The summed E-state index contributed by atoms with van der Waals surface area (Å²) in [4.78, 5) is 43.8. The van der Waals surface area contributed by atoms with E-state index in [1.54, 1.807) is 60.2 Å². The van der Waals surface area contributed by atoms with E-state index >= 15 is 0 Å². The third kappa shape index (κ3) is 16.1. The number of anilines is 3. The quantitative estimate of drug-likeness (QED) is 0.0607. The highest BCUT2D eigenvalue weighted by Gasteiger charge is 2.52. The first kappa shape index (κ1) is 80.1. The van der Waals surface area contributed by atoms with E-state index in [0.717, 1.165) is 31.6 Å². The highest BCUT2D eigenvalue weighted by atomic mass is 127. The Kier molecular flexibility index (Phi) is 23.5. The fraction of sp³-hybridized carbons (Fsp3) is 0.377. The Morgan fingerprint density at radius 1 is 0.575 bits per heavy atom. The number of alkyl halides is 9. The zero-order valence-corrected chi connectivity index (χ0v) is 62.7. The highest BCUT2D eigenvalue weighted by Crippen LogP contribution is 2.44. The van der Waals surface area contributed by atoms with Gasteiger partial charge in [0.15, 0.2) is 17.1 Å². The summed E-state index contributed by atoms with van der Waals surface area (Å²) in [7, 11) is -0.241. The minimum absolute atomic E-state index is 0.0725. The lowest BCUT2D eigenvalue weighted by Crippen LogP contribution is -2.41. The van der Waals surface area contributed by atoms with Gasteiger partial charge in [-0.05, 0) is 171 Å². The predicted molar refractivity (Wildman–Crippen MR) is 382 cm³/mol. The van der Waals surface area contributed by atoms with Crippen LogP contribution in [0.1, 0.15) is 138 Å². The molecule has 106 heavy (non-hydrogen) atoms. The van der Waals surface area contributed by atoms with Crippen LogP contribution in [0.15, 0.2) is 110 Å². The van der Waals surface area contributed by atoms with Crippen molar-refractivity contribution in [3.63, 3.8) is 0 Å². The number of carbonyl (C=O) groups is 3. The molecule has 6 aromatic heterocycles. The molecule has 3 aromatic carbocycles. The van der Waals surface area contributed by atoms with E-state index in [9.17, 15) is 67.1 Å². The van der Waals surface area contributed by atoms with Crippen LogP contribution in [-0.2, 0) is 48.6 Å². The number of halogens is 16. The Morgan fingerprint density at radius 2 is 0.915 bits per heavy atom. The van der Waals surface area contributed by atoms with Crippen LogP contribution in [0.4, 0.5) is 69.7 Å². The van der Waals surface area contributed by atoms with Gasteiger partial charge in [0.1, 0.15) is 39.3 Å². The molecule has 0 aliphatic carbocycles. The Bertz CT molecular complexity index is 4830. The number of hydrogen-bond donors (Lipinski definition) is 0. The molecule has 564 valence electrons. The van der Waals surface area contributed by atoms with Gasteiger partial charge in [-0.25, -0.2) is 27.2 Å². The number of allylic oxidation sites excluding steroid dienone is 2. The fourth-order valence-electron chi connectivity index (χ4n) is 12.3. The smallest absolute Gasteiger partial charge is 0.400 e. The van der Waals surface area contributed by atoms with Crippen LogP contribution in [0.2, 0.25) is 15.1 Å². The molecule has 9 aromatic rings. The molecule has 4 fully saturated rings. The number of benzene rings is 3. The first-order valence-electron chi connectivity index (χ1n) is 32.8. The van der Waals surface area contributed by atoms with Crippen molar-refractivity contribution in [2.45, 2.75) is 149 Å². The van der Waals surface area contributed by atoms with Gasteiger partial charge in [-0.2, -0.15) is 70.1 Å². The second-order valence-electron chi connectivity index (χ2n) is 26.0. The molecule has 4 aliphatic rings. The van der Waals surface area contributed by atoms with Gasteiger partial charge < -0.3 is 24.0 Å². The number of carbonyl (C=O) groups excluding carboxylic acids is 3. The molecule has 3 unspecified atom stereocenters. The van der Waals surface area contributed by atoms with Crippen molar-refractivity contribution in [2.75, 3.05) is 34.3 Å². The van der Waals surface area contributed by atoms with Crippen LogP contribution in [-0.4, -0.2) is 114 Å². The summed E-state index contributed by atoms with van der Waals surface area (Å²) in [6.45, 7) is 22.6. The SMILES string of the molecule is C/C=C/c1c(N2CCC(n3nc(C(F)(F)F)c(Cl)c3C)C2=O)cnn1-c1cccc(F)c1.C=C(C)B1OC(C)(C)C(C)(C)O1.CCCc1c(N2CCC(n3nc(C(F)(F)F)c(Cl)c3C)C2=O)cnn1-c1cccc(F)c1.Cc1c(Cl)c(C(F)(F)F)nn1C1CCN(c2cnn(-c3cccc(F)c3)c2I)C1=O. The van der Waals surface area contributed by atoms with Gasteiger partial charge in [0.25, 0.3) is 17.7 Å². The van der Waals surface area contributed by atoms with Crippen molar-refractivity contribution >= 4 is 105 Å². The summed E-state index contributed by atoms with van der Waals surface area (Å²) < 4.78 is 179. The topological polar surface area (TPSA) is 186 Å². The molecule has 3 atom stereocenters. The Morgan fingerprint density at radius 3 is 1.26 bits per heavy atom. The van der Waals surface area contributed by atoms with E-state index in [1.807, 2.05) is 64.1 Å². The third-order valence-electron chi connectivity index (χ3n) is 18.3. The van der Waals surface area contributed by atoms with E-state index < -0.39 is 104 Å². The maximum absolute atomic E-state index is 13.7. The van der Waals surface area contributed by atoms with Crippen LogP contribution in [0, 0.1) is 41.9 Å². The van der Waals surface area contributed by atoms with Gasteiger partial charge in [-0.3, -0.25) is 28.4 Å². The average Bonchev–Trinajstić information content (AvgIpc) is 1.61. The van der Waals surface area contributed by atoms with Crippen LogP contribution in [0.5, 0.6) is 0 Å². The maximum Gasteiger partial charge on any atom is 0.489 e. The number of aromatic nitrogens is 12. The first-order chi connectivity index (χ1) is 49.6. The minimum Gasteiger partial charge on any atom is -0.400 e. The molecule has 0 radical (unpaired) electrons. The lowest BCUT2D eigenvalue weighted by molar-refractivity contribution is -0.142. The van der Waals surface area contributed by atoms with Gasteiger partial charge >= 0.3 is 25.6 Å². The Balaban J connectivity index is 0.000000158. The largest absolute Gasteiger partial charge is 0.489 e. The molecule has 0 N–H and O–H groups in total. The molecule has 20 nitrogen and oxygen atoms in total. The van der Waals surface area contributed by atoms with E-state index in [-0.39, 0.29) is 74.3 Å². The van der Waals surface area contributed by atoms with Gasteiger partial charge in [-0.15, -0.1) is 6.58 Å². The van der Waals surface area contributed by atoms with E-state index in [2.05, 4.69) is 37.2 Å². The minimum atomic E-state index is -4.72. The van der Waals surface area contributed by atoms with Crippen LogP contribution < -0.4 is 14.7 Å². The van der Waals surface area contributed by atoms with Gasteiger partial charge in [0.05, 0.1) is 107 Å². The maximum atomic E-state index is 13.7. The summed E-state index contributed by atoms with van der Waals surface area (Å²) in [6, 6.07) is 14.9. The second kappa shape index (κ2) is 31.0. The summed E-state index contributed by atoms with van der Waals surface area (Å²) in [6.07, 6.45) is -4.09. The van der Waals surface area contributed by atoms with Crippen molar-refractivity contribution in [3.8, 4) is 17.1 Å². The molecule has 4 aliphatic heterocycles. The highest BCUT2D eigenvalue weighted by molar-refractivity contribution is 14.1. The predicted octanol–water partition coefficient (Wildman–Crippen LogP) is 17.3. The Labute approximate surface area is 628 Å². The zero-order chi connectivity index (χ0) is 77.8.